The summed E-state index contributed by atoms with van der Waals surface area (Å²) >= 11 is 0. The molecular formula is C39H60N4O16. The zero-order valence-electron chi connectivity index (χ0n) is 33.5. The lowest BCUT2D eigenvalue weighted by atomic mass is 10.1. The second-order valence-electron chi connectivity index (χ2n) is 13.1. The van der Waals surface area contributed by atoms with E-state index in [-0.39, 0.29) is 103 Å². The second-order valence-corrected chi connectivity index (χ2v) is 13.1. The predicted molar refractivity (Wildman–Crippen MR) is 209 cm³/mol. The predicted octanol–water partition coefficient (Wildman–Crippen LogP) is 1.08. The van der Waals surface area contributed by atoms with E-state index >= 15 is 0 Å². The Morgan fingerprint density at radius 2 is 1.03 bits per heavy atom. The van der Waals surface area contributed by atoms with Crippen LogP contribution in [-0.4, -0.2) is 148 Å². The van der Waals surface area contributed by atoms with Gasteiger partial charge >= 0.3 is 17.9 Å². The fourth-order valence-electron chi connectivity index (χ4n) is 5.15. The number of ether oxygens (including phenoxy) is 5. The fourth-order valence-corrected chi connectivity index (χ4v) is 5.15. The highest BCUT2D eigenvalue weighted by molar-refractivity contribution is 5.88. The Balaban J connectivity index is 2.12. The first kappa shape index (κ1) is 51.8. The summed E-state index contributed by atoms with van der Waals surface area (Å²) in [6, 6.07) is 3.49. The Hall–Kier alpha value is -5.18. The summed E-state index contributed by atoms with van der Waals surface area (Å²) in [5.41, 5.74) is 0.197. The molecule has 0 heterocycles. The maximum atomic E-state index is 12.5. The molecule has 1 aromatic carbocycles. The van der Waals surface area contributed by atoms with Gasteiger partial charge in [0.25, 0.3) is 0 Å². The number of benzene rings is 1. The minimum atomic E-state index is -1.39. The Morgan fingerprint density at radius 1 is 0.542 bits per heavy atom. The molecule has 1 rings (SSSR count). The molecule has 0 spiro atoms. The van der Waals surface area contributed by atoms with Gasteiger partial charge in [-0.1, -0.05) is 32.1 Å². The SMILES string of the molecule is O=CCOCCOCCNC(=O)COCCOCCNC(=O)CC[C@H](NC(=O)CC[C@H](NC(=O)CCCCCCCCCOc1ccc(C(=O)O)cc1)C(=O)O)C(=O)O. The molecule has 0 saturated carbocycles. The molecular weight excluding hydrogens is 780 g/mol. The van der Waals surface area contributed by atoms with Crippen LogP contribution in [0.15, 0.2) is 24.3 Å². The molecule has 332 valence electrons. The summed E-state index contributed by atoms with van der Waals surface area (Å²) in [6.45, 7) is 2.02. The van der Waals surface area contributed by atoms with Crippen molar-refractivity contribution in [2.24, 2.45) is 0 Å². The van der Waals surface area contributed by atoms with Crippen molar-refractivity contribution >= 4 is 47.8 Å². The van der Waals surface area contributed by atoms with Gasteiger partial charge in [-0.25, -0.2) is 14.4 Å². The van der Waals surface area contributed by atoms with Crippen LogP contribution in [0.2, 0.25) is 0 Å². The number of nitrogens with one attached hydrogen (secondary N) is 4. The van der Waals surface area contributed by atoms with Crippen LogP contribution in [0.25, 0.3) is 0 Å². The summed E-state index contributed by atoms with van der Waals surface area (Å²) in [5.74, 6) is -5.09. The van der Waals surface area contributed by atoms with E-state index in [1.54, 1.807) is 12.1 Å². The summed E-state index contributed by atoms with van der Waals surface area (Å²) in [4.78, 5) is 93.2. The van der Waals surface area contributed by atoms with Gasteiger partial charge in [0.2, 0.25) is 23.6 Å². The lowest BCUT2D eigenvalue weighted by Gasteiger charge is -2.17. The summed E-state index contributed by atoms with van der Waals surface area (Å²) in [6.07, 6.45) is 5.69. The van der Waals surface area contributed by atoms with Crippen LogP contribution in [0.3, 0.4) is 0 Å². The first-order valence-corrected chi connectivity index (χ1v) is 19.7. The van der Waals surface area contributed by atoms with Crippen LogP contribution >= 0.6 is 0 Å². The summed E-state index contributed by atoms with van der Waals surface area (Å²) in [7, 11) is 0. The molecule has 0 aromatic heterocycles. The van der Waals surface area contributed by atoms with Crippen LogP contribution in [-0.2, 0) is 52.5 Å². The number of aliphatic carboxylic acids is 2. The number of aldehydes is 1. The van der Waals surface area contributed by atoms with E-state index in [1.165, 1.54) is 12.1 Å². The van der Waals surface area contributed by atoms with Gasteiger partial charge in [-0.05, 0) is 49.9 Å². The normalized spacial score (nSPS) is 11.8. The molecule has 0 aliphatic heterocycles. The quantitative estimate of drug-likeness (QED) is 0.0362. The maximum Gasteiger partial charge on any atom is 0.335 e. The number of amides is 4. The number of carbonyl (C=O) groups is 8. The van der Waals surface area contributed by atoms with Crippen LogP contribution in [0.4, 0.5) is 0 Å². The molecule has 0 unspecified atom stereocenters. The monoisotopic (exact) mass is 840 g/mol. The number of unbranched alkanes of at least 4 members (excludes halogenated alkanes) is 6. The van der Waals surface area contributed by atoms with Crippen molar-refractivity contribution in [2.75, 3.05) is 72.6 Å². The number of rotatable bonds is 38. The first-order chi connectivity index (χ1) is 28.4. The van der Waals surface area contributed by atoms with Crippen LogP contribution in [0, 0.1) is 0 Å². The number of carboxylic acid groups (broad SMARTS) is 3. The van der Waals surface area contributed by atoms with E-state index in [1.807, 2.05) is 0 Å². The number of hydrogen-bond acceptors (Lipinski definition) is 13. The minimum absolute atomic E-state index is 0.00554. The molecule has 0 saturated heterocycles. The van der Waals surface area contributed by atoms with Crippen molar-refractivity contribution in [3.63, 3.8) is 0 Å². The van der Waals surface area contributed by atoms with E-state index in [2.05, 4.69) is 21.3 Å². The Labute approximate surface area is 343 Å². The van der Waals surface area contributed by atoms with E-state index in [9.17, 15) is 48.6 Å². The number of carbonyl (C=O) groups excluding carboxylic acids is 5. The smallest absolute Gasteiger partial charge is 0.335 e. The third-order valence-corrected chi connectivity index (χ3v) is 8.31. The molecule has 7 N–H and O–H groups in total. The Kier molecular flexibility index (Phi) is 29.7. The van der Waals surface area contributed by atoms with Crippen molar-refractivity contribution in [2.45, 2.75) is 89.1 Å². The zero-order chi connectivity index (χ0) is 43.5. The highest BCUT2D eigenvalue weighted by Gasteiger charge is 2.24. The standard InChI is InChI=1S/C39H60N4O16/c44-19-23-57-25-24-55-22-18-41-36(48)28-58-27-26-56-21-17-40-33(45)15-13-31(38(51)52)43-35(47)16-14-32(39(53)54)42-34(46)8-6-4-2-1-3-5-7-20-59-30-11-9-29(10-12-30)37(49)50/h9-12,19,31-32H,1-8,13-18,20-28H2,(H,40,45)(H,41,48)(H,42,46)(H,43,47)(H,49,50)(H,51,52)(H,53,54)/t31-,32-/m0/s1. The summed E-state index contributed by atoms with van der Waals surface area (Å²) < 4.78 is 26.3. The van der Waals surface area contributed by atoms with E-state index in [0.717, 1.165) is 38.5 Å². The van der Waals surface area contributed by atoms with Gasteiger partial charge in [-0.15, -0.1) is 0 Å². The molecule has 20 heteroatoms. The lowest BCUT2D eigenvalue weighted by Crippen LogP contribution is -2.44. The number of aromatic carboxylic acids is 1. The fraction of sp³-hybridized carbons (Fsp3) is 0.641. The second kappa shape index (κ2) is 33.8. The van der Waals surface area contributed by atoms with Crippen molar-refractivity contribution in [3.8, 4) is 5.75 Å². The molecule has 2 atom stereocenters. The third kappa shape index (κ3) is 28.8. The largest absolute Gasteiger partial charge is 0.494 e. The third-order valence-electron chi connectivity index (χ3n) is 8.31. The average Bonchev–Trinajstić information content (AvgIpc) is 3.20. The van der Waals surface area contributed by atoms with Crippen molar-refractivity contribution in [1.29, 1.82) is 0 Å². The number of hydrogen-bond donors (Lipinski definition) is 7. The molecule has 0 fully saturated rings. The van der Waals surface area contributed by atoms with Gasteiger partial charge in [0.05, 0.1) is 51.8 Å². The van der Waals surface area contributed by atoms with E-state index in [4.69, 9.17) is 28.8 Å². The van der Waals surface area contributed by atoms with Crippen molar-refractivity contribution in [1.82, 2.24) is 21.3 Å². The zero-order valence-corrected chi connectivity index (χ0v) is 33.5. The molecule has 1 aromatic rings. The molecule has 20 nitrogen and oxygen atoms in total. The minimum Gasteiger partial charge on any atom is -0.494 e. The van der Waals surface area contributed by atoms with Gasteiger partial charge in [0.1, 0.15) is 37.3 Å². The first-order valence-electron chi connectivity index (χ1n) is 19.7. The maximum absolute atomic E-state index is 12.5. The highest BCUT2D eigenvalue weighted by atomic mass is 16.5. The van der Waals surface area contributed by atoms with Gasteiger partial charge in [0.15, 0.2) is 0 Å². The van der Waals surface area contributed by atoms with Gasteiger partial charge in [-0.2, -0.15) is 0 Å². The van der Waals surface area contributed by atoms with E-state index < -0.39 is 47.7 Å². The van der Waals surface area contributed by atoms with Gasteiger partial charge in [0, 0.05) is 32.4 Å². The van der Waals surface area contributed by atoms with Gasteiger partial charge < -0.3 is 65.1 Å². The topological polar surface area (TPSA) is 292 Å². The molecule has 59 heavy (non-hydrogen) atoms. The molecule has 0 aliphatic rings. The van der Waals surface area contributed by atoms with Crippen LogP contribution in [0.1, 0.15) is 87.4 Å². The number of carboxylic acids is 3. The summed E-state index contributed by atoms with van der Waals surface area (Å²) in [5, 5.41) is 37.9. The van der Waals surface area contributed by atoms with Crippen molar-refractivity contribution in [3.05, 3.63) is 29.8 Å². The highest BCUT2D eigenvalue weighted by Crippen LogP contribution is 2.14. The van der Waals surface area contributed by atoms with Crippen LogP contribution < -0.4 is 26.0 Å². The van der Waals surface area contributed by atoms with E-state index in [0.29, 0.717) is 31.7 Å². The molecule has 0 radical (unpaired) electrons. The molecule has 4 amide bonds. The van der Waals surface area contributed by atoms with Crippen molar-refractivity contribution < 1.29 is 77.4 Å². The van der Waals surface area contributed by atoms with Crippen LogP contribution in [0.5, 0.6) is 5.75 Å². The van der Waals surface area contributed by atoms with Gasteiger partial charge in [-0.3, -0.25) is 19.2 Å². The lowest BCUT2D eigenvalue weighted by molar-refractivity contribution is -0.143. The molecule has 0 bridgehead atoms. The average molecular weight is 841 g/mol. The Bertz CT molecular complexity index is 1410. The molecule has 0 aliphatic carbocycles. The Morgan fingerprint density at radius 3 is 1.59 bits per heavy atom.